The van der Waals surface area contributed by atoms with Crippen LogP contribution in [0, 0.1) is 5.92 Å². The molecule has 1 amide bonds. The van der Waals surface area contributed by atoms with E-state index in [1.165, 1.54) is 0 Å². The molecule has 1 fully saturated rings. The molecule has 12 heavy (non-hydrogen) atoms. The van der Waals surface area contributed by atoms with E-state index in [4.69, 9.17) is 0 Å². The average molecular weight is 170 g/mol. The SMILES string of the molecule is CCC1NCN(CC(C)C)C1=O. The summed E-state index contributed by atoms with van der Waals surface area (Å²) in [5.41, 5.74) is 0. The molecule has 1 aliphatic heterocycles. The Hall–Kier alpha value is -0.570. The summed E-state index contributed by atoms with van der Waals surface area (Å²) in [5, 5.41) is 3.19. The fraction of sp³-hybridized carbons (Fsp3) is 0.889. The molecule has 3 heteroatoms. The lowest BCUT2D eigenvalue weighted by molar-refractivity contribution is -0.129. The molecule has 0 aliphatic carbocycles. The van der Waals surface area contributed by atoms with E-state index < -0.39 is 0 Å². The van der Waals surface area contributed by atoms with Crippen molar-refractivity contribution in [2.75, 3.05) is 13.2 Å². The van der Waals surface area contributed by atoms with E-state index >= 15 is 0 Å². The van der Waals surface area contributed by atoms with Gasteiger partial charge in [0, 0.05) is 6.54 Å². The molecule has 70 valence electrons. The smallest absolute Gasteiger partial charge is 0.240 e. The molecule has 1 N–H and O–H groups in total. The summed E-state index contributed by atoms with van der Waals surface area (Å²) in [7, 11) is 0. The molecule has 1 unspecified atom stereocenters. The van der Waals surface area contributed by atoms with Gasteiger partial charge in [-0.05, 0) is 12.3 Å². The summed E-state index contributed by atoms with van der Waals surface area (Å²) in [4.78, 5) is 13.4. The maximum Gasteiger partial charge on any atom is 0.240 e. The number of nitrogens with zero attached hydrogens (tertiary/aromatic N) is 1. The van der Waals surface area contributed by atoms with Crippen molar-refractivity contribution in [1.82, 2.24) is 10.2 Å². The van der Waals surface area contributed by atoms with Gasteiger partial charge in [-0.3, -0.25) is 10.1 Å². The van der Waals surface area contributed by atoms with Gasteiger partial charge in [0.2, 0.25) is 5.91 Å². The normalized spacial score (nSPS) is 24.2. The molecular weight excluding hydrogens is 152 g/mol. The summed E-state index contributed by atoms with van der Waals surface area (Å²) >= 11 is 0. The van der Waals surface area contributed by atoms with Crippen molar-refractivity contribution in [3.8, 4) is 0 Å². The van der Waals surface area contributed by atoms with Gasteiger partial charge in [-0.1, -0.05) is 20.8 Å². The van der Waals surface area contributed by atoms with Crippen LogP contribution in [-0.4, -0.2) is 30.1 Å². The highest BCUT2D eigenvalue weighted by Gasteiger charge is 2.29. The molecule has 0 saturated carbocycles. The fourth-order valence-corrected chi connectivity index (χ4v) is 1.52. The Morgan fingerprint density at radius 3 is 2.75 bits per heavy atom. The highest BCUT2D eigenvalue weighted by molar-refractivity contribution is 5.83. The average Bonchev–Trinajstić information content (AvgIpc) is 2.32. The van der Waals surface area contributed by atoms with Gasteiger partial charge in [0.1, 0.15) is 0 Å². The van der Waals surface area contributed by atoms with E-state index in [9.17, 15) is 4.79 Å². The van der Waals surface area contributed by atoms with Crippen molar-refractivity contribution in [2.24, 2.45) is 5.92 Å². The maximum atomic E-state index is 11.5. The van der Waals surface area contributed by atoms with Gasteiger partial charge in [0.05, 0.1) is 12.7 Å². The molecule has 3 nitrogen and oxygen atoms in total. The number of carbonyl (C=O) groups excluding carboxylic acids is 1. The van der Waals surface area contributed by atoms with Crippen LogP contribution in [0.15, 0.2) is 0 Å². The Balaban J connectivity index is 2.44. The second-order valence-corrected chi connectivity index (χ2v) is 3.78. The second kappa shape index (κ2) is 3.90. The van der Waals surface area contributed by atoms with Crippen LogP contribution in [-0.2, 0) is 4.79 Å². The largest absolute Gasteiger partial charge is 0.328 e. The van der Waals surface area contributed by atoms with E-state index in [-0.39, 0.29) is 11.9 Å². The molecule has 0 aromatic heterocycles. The summed E-state index contributed by atoms with van der Waals surface area (Å²) < 4.78 is 0. The lowest BCUT2D eigenvalue weighted by Gasteiger charge is -2.17. The number of hydrogen-bond donors (Lipinski definition) is 1. The third kappa shape index (κ3) is 1.97. The molecule has 0 aromatic rings. The lowest BCUT2D eigenvalue weighted by atomic mass is 10.2. The van der Waals surface area contributed by atoms with Crippen molar-refractivity contribution >= 4 is 5.91 Å². The molecular formula is C9H18N2O. The first-order chi connectivity index (χ1) is 5.65. The van der Waals surface area contributed by atoms with Crippen molar-refractivity contribution in [1.29, 1.82) is 0 Å². The minimum Gasteiger partial charge on any atom is -0.328 e. The fourth-order valence-electron chi connectivity index (χ4n) is 1.52. The number of carbonyl (C=O) groups is 1. The second-order valence-electron chi connectivity index (χ2n) is 3.78. The van der Waals surface area contributed by atoms with Crippen LogP contribution in [0.2, 0.25) is 0 Å². The quantitative estimate of drug-likeness (QED) is 0.680. The van der Waals surface area contributed by atoms with Gasteiger partial charge in [-0.2, -0.15) is 0 Å². The first-order valence-corrected chi connectivity index (χ1v) is 4.67. The lowest BCUT2D eigenvalue weighted by Crippen LogP contribution is -2.32. The Morgan fingerprint density at radius 1 is 1.67 bits per heavy atom. The maximum absolute atomic E-state index is 11.5. The number of amides is 1. The molecule has 1 saturated heterocycles. The van der Waals surface area contributed by atoms with Crippen molar-refractivity contribution < 1.29 is 4.79 Å². The minimum absolute atomic E-state index is 0.0729. The van der Waals surface area contributed by atoms with Crippen LogP contribution in [0.5, 0.6) is 0 Å². The molecule has 0 spiro atoms. The molecule has 1 heterocycles. The number of nitrogens with one attached hydrogen (secondary N) is 1. The first kappa shape index (κ1) is 9.52. The molecule has 1 aliphatic rings. The summed E-state index contributed by atoms with van der Waals surface area (Å²) in [6.07, 6.45) is 0.896. The van der Waals surface area contributed by atoms with E-state index in [2.05, 4.69) is 19.2 Å². The van der Waals surface area contributed by atoms with E-state index in [1.54, 1.807) is 0 Å². The summed E-state index contributed by atoms with van der Waals surface area (Å²) in [6.45, 7) is 7.91. The topological polar surface area (TPSA) is 32.3 Å². The molecule has 1 rings (SSSR count). The zero-order valence-corrected chi connectivity index (χ0v) is 8.13. The Kier molecular flexibility index (Phi) is 3.09. The Morgan fingerprint density at radius 2 is 2.33 bits per heavy atom. The van der Waals surface area contributed by atoms with Gasteiger partial charge in [0.25, 0.3) is 0 Å². The zero-order chi connectivity index (χ0) is 9.14. The van der Waals surface area contributed by atoms with Crippen LogP contribution < -0.4 is 5.32 Å². The van der Waals surface area contributed by atoms with E-state index in [1.807, 2.05) is 11.8 Å². The highest BCUT2D eigenvalue weighted by atomic mass is 16.2. The summed E-state index contributed by atoms with van der Waals surface area (Å²) in [6, 6.07) is 0.0729. The Bertz CT molecular complexity index is 168. The van der Waals surface area contributed by atoms with Crippen LogP contribution >= 0.6 is 0 Å². The first-order valence-electron chi connectivity index (χ1n) is 4.67. The standard InChI is InChI=1S/C9H18N2O/c1-4-8-9(12)11(6-10-8)5-7(2)3/h7-8,10H,4-6H2,1-3H3. The molecule has 0 aromatic carbocycles. The van der Waals surface area contributed by atoms with E-state index in [0.29, 0.717) is 5.92 Å². The minimum atomic E-state index is 0.0729. The Labute approximate surface area is 74.1 Å². The van der Waals surface area contributed by atoms with Gasteiger partial charge < -0.3 is 4.90 Å². The molecule has 0 bridgehead atoms. The van der Waals surface area contributed by atoms with Crippen molar-refractivity contribution in [3.05, 3.63) is 0 Å². The van der Waals surface area contributed by atoms with Crippen molar-refractivity contribution in [2.45, 2.75) is 33.2 Å². The van der Waals surface area contributed by atoms with E-state index in [0.717, 1.165) is 19.6 Å². The molecule has 0 radical (unpaired) electrons. The zero-order valence-electron chi connectivity index (χ0n) is 8.13. The monoisotopic (exact) mass is 170 g/mol. The predicted molar refractivity (Wildman–Crippen MR) is 48.6 cm³/mol. The van der Waals surface area contributed by atoms with Crippen LogP contribution in [0.3, 0.4) is 0 Å². The van der Waals surface area contributed by atoms with Gasteiger partial charge >= 0.3 is 0 Å². The predicted octanol–water partition coefficient (Wildman–Crippen LogP) is 0.810. The van der Waals surface area contributed by atoms with Crippen LogP contribution in [0.25, 0.3) is 0 Å². The van der Waals surface area contributed by atoms with Crippen LogP contribution in [0.4, 0.5) is 0 Å². The molecule has 1 atom stereocenters. The third-order valence-electron chi connectivity index (χ3n) is 2.13. The number of hydrogen-bond acceptors (Lipinski definition) is 2. The van der Waals surface area contributed by atoms with Gasteiger partial charge in [0.15, 0.2) is 0 Å². The van der Waals surface area contributed by atoms with Gasteiger partial charge in [-0.25, -0.2) is 0 Å². The summed E-state index contributed by atoms with van der Waals surface area (Å²) in [5.74, 6) is 0.831. The van der Waals surface area contributed by atoms with Crippen LogP contribution in [0.1, 0.15) is 27.2 Å². The van der Waals surface area contributed by atoms with Crippen molar-refractivity contribution in [3.63, 3.8) is 0 Å². The highest BCUT2D eigenvalue weighted by Crippen LogP contribution is 2.08. The third-order valence-corrected chi connectivity index (χ3v) is 2.13. The van der Waals surface area contributed by atoms with Gasteiger partial charge in [-0.15, -0.1) is 0 Å². The number of rotatable bonds is 3.